The van der Waals surface area contributed by atoms with Crippen LogP contribution in [0.15, 0.2) is 30.6 Å². The highest BCUT2D eigenvalue weighted by molar-refractivity contribution is 5.44. The van der Waals surface area contributed by atoms with Crippen molar-refractivity contribution in [3.8, 4) is 23.1 Å². The molecule has 0 saturated heterocycles. The Morgan fingerprint density at radius 3 is 1.93 bits per heavy atom. The first-order chi connectivity index (χ1) is 14.2. The molecule has 1 heterocycles. The lowest BCUT2D eigenvalue weighted by Gasteiger charge is -2.10. The minimum absolute atomic E-state index is 0.477. The molecule has 0 saturated carbocycles. The van der Waals surface area contributed by atoms with Gasteiger partial charge in [0, 0.05) is 30.8 Å². The molecule has 6 heteroatoms. The highest BCUT2D eigenvalue weighted by Crippen LogP contribution is 2.30. The molecule has 1 aromatic heterocycles. The fourth-order valence-corrected chi connectivity index (χ4v) is 3.11. The van der Waals surface area contributed by atoms with Gasteiger partial charge in [0.1, 0.15) is 29.4 Å². The van der Waals surface area contributed by atoms with Crippen molar-refractivity contribution >= 4 is 5.82 Å². The van der Waals surface area contributed by atoms with Crippen molar-refractivity contribution < 1.29 is 14.2 Å². The van der Waals surface area contributed by atoms with Crippen LogP contribution in [0.4, 0.5) is 5.82 Å². The maximum atomic E-state index is 5.85. The van der Waals surface area contributed by atoms with Crippen LogP contribution in [0.1, 0.15) is 64.7 Å². The molecule has 0 aliphatic carbocycles. The molecule has 0 atom stereocenters. The summed E-state index contributed by atoms with van der Waals surface area (Å²) >= 11 is 0. The Bertz CT molecular complexity index is 687. The SMILES string of the molecule is CCCCCCCCCCCNc1cc(Oc2cc(OC)cc(OC)c2)ncn1. The molecule has 0 amide bonds. The first-order valence-electron chi connectivity index (χ1n) is 10.7. The van der Waals surface area contributed by atoms with Gasteiger partial charge in [-0.25, -0.2) is 9.97 Å². The van der Waals surface area contributed by atoms with Crippen LogP contribution in [0.5, 0.6) is 23.1 Å². The van der Waals surface area contributed by atoms with E-state index in [4.69, 9.17) is 14.2 Å². The van der Waals surface area contributed by atoms with Gasteiger partial charge in [-0.1, -0.05) is 58.3 Å². The lowest BCUT2D eigenvalue weighted by Crippen LogP contribution is -2.04. The number of ether oxygens (including phenoxy) is 3. The van der Waals surface area contributed by atoms with Crippen LogP contribution in [-0.2, 0) is 0 Å². The highest BCUT2D eigenvalue weighted by atomic mass is 16.5. The summed E-state index contributed by atoms with van der Waals surface area (Å²) in [6.45, 7) is 3.16. The predicted molar refractivity (Wildman–Crippen MR) is 117 cm³/mol. The molecule has 1 aromatic carbocycles. The minimum Gasteiger partial charge on any atom is -0.496 e. The molecular weight excluding hydrogens is 366 g/mol. The van der Waals surface area contributed by atoms with E-state index in [0.717, 1.165) is 18.8 Å². The number of hydrogen-bond donors (Lipinski definition) is 1. The Morgan fingerprint density at radius 1 is 0.724 bits per heavy atom. The number of benzene rings is 1. The summed E-state index contributed by atoms with van der Waals surface area (Å²) in [5, 5.41) is 3.35. The Hall–Kier alpha value is -2.50. The largest absolute Gasteiger partial charge is 0.496 e. The van der Waals surface area contributed by atoms with E-state index in [0.29, 0.717) is 23.1 Å². The van der Waals surface area contributed by atoms with Crippen molar-refractivity contribution in [2.75, 3.05) is 26.1 Å². The van der Waals surface area contributed by atoms with E-state index in [1.165, 1.54) is 57.7 Å². The van der Waals surface area contributed by atoms with Crippen LogP contribution in [0.25, 0.3) is 0 Å². The second-order valence-corrected chi connectivity index (χ2v) is 7.15. The normalized spacial score (nSPS) is 10.6. The van der Waals surface area contributed by atoms with Crippen molar-refractivity contribution in [1.29, 1.82) is 0 Å². The van der Waals surface area contributed by atoms with Gasteiger partial charge in [-0.05, 0) is 6.42 Å². The third kappa shape index (κ3) is 9.03. The summed E-state index contributed by atoms with van der Waals surface area (Å²) in [6.07, 6.45) is 13.4. The number of anilines is 1. The molecule has 0 spiro atoms. The number of hydrogen-bond acceptors (Lipinski definition) is 6. The molecule has 6 nitrogen and oxygen atoms in total. The van der Waals surface area contributed by atoms with Gasteiger partial charge in [0.25, 0.3) is 0 Å². The molecule has 160 valence electrons. The molecule has 0 radical (unpaired) electrons. The first-order valence-corrected chi connectivity index (χ1v) is 10.7. The van der Waals surface area contributed by atoms with Crippen LogP contribution in [0.2, 0.25) is 0 Å². The molecule has 2 aromatic rings. The Balaban J connectivity index is 1.72. The van der Waals surface area contributed by atoms with E-state index in [1.807, 2.05) is 0 Å². The van der Waals surface area contributed by atoms with Gasteiger partial charge >= 0.3 is 0 Å². The minimum atomic E-state index is 0.477. The van der Waals surface area contributed by atoms with Gasteiger partial charge in [0.15, 0.2) is 0 Å². The van der Waals surface area contributed by atoms with Crippen molar-refractivity contribution in [1.82, 2.24) is 9.97 Å². The number of rotatable bonds is 15. The third-order valence-electron chi connectivity index (χ3n) is 4.78. The fraction of sp³-hybridized carbons (Fsp3) is 0.565. The van der Waals surface area contributed by atoms with Crippen LogP contribution in [-0.4, -0.2) is 30.7 Å². The zero-order valence-corrected chi connectivity index (χ0v) is 18.1. The van der Waals surface area contributed by atoms with Crippen LogP contribution in [0, 0.1) is 0 Å². The van der Waals surface area contributed by atoms with E-state index >= 15 is 0 Å². The molecule has 0 fully saturated rings. The average Bonchev–Trinajstić information content (AvgIpc) is 2.75. The van der Waals surface area contributed by atoms with Crippen LogP contribution >= 0.6 is 0 Å². The van der Waals surface area contributed by atoms with Gasteiger partial charge in [-0.2, -0.15) is 0 Å². The van der Waals surface area contributed by atoms with Crippen LogP contribution < -0.4 is 19.5 Å². The average molecular weight is 402 g/mol. The molecule has 0 aliphatic heterocycles. The molecule has 0 unspecified atom stereocenters. The standard InChI is InChI=1S/C23H35N3O3/c1-4-5-6-7-8-9-10-11-12-13-24-22-17-23(26-18-25-22)29-21-15-19(27-2)14-20(16-21)28-3/h14-18H,4-13H2,1-3H3,(H,24,25,26). The molecule has 2 rings (SSSR count). The van der Waals surface area contributed by atoms with Crippen LogP contribution in [0.3, 0.4) is 0 Å². The highest BCUT2D eigenvalue weighted by Gasteiger charge is 2.06. The van der Waals surface area contributed by atoms with Crippen molar-refractivity contribution in [3.63, 3.8) is 0 Å². The van der Waals surface area contributed by atoms with E-state index in [9.17, 15) is 0 Å². The number of nitrogens with zero attached hydrogens (tertiary/aromatic N) is 2. The second kappa shape index (κ2) is 13.6. The zero-order valence-electron chi connectivity index (χ0n) is 18.1. The monoisotopic (exact) mass is 401 g/mol. The topological polar surface area (TPSA) is 65.5 Å². The van der Waals surface area contributed by atoms with Gasteiger partial charge in [-0.15, -0.1) is 0 Å². The molecule has 29 heavy (non-hydrogen) atoms. The first kappa shape index (κ1) is 22.8. The maximum Gasteiger partial charge on any atom is 0.224 e. The fourth-order valence-electron chi connectivity index (χ4n) is 3.11. The number of unbranched alkanes of at least 4 members (excludes halogenated alkanes) is 8. The number of aromatic nitrogens is 2. The zero-order chi connectivity index (χ0) is 20.7. The lowest BCUT2D eigenvalue weighted by molar-refractivity contribution is 0.385. The maximum absolute atomic E-state index is 5.85. The van der Waals surface area contributed by atoms with E-state index in [1.54, 1.807) is 38.5 Å². The molecule has 0 aliphatic rings. The summed E-state index contributed by atoms with van der Waals surface area (Å²) in [7, 11) is 3.22. The third-order valence-corrected chi connectivity index (χ3v) is 4.78. The number of methoxy groups -OCH3 is 2. The Morgan fingerprint density at radius 2 is 1.31 bits per heavy atom. The lowest BCUT2D eigenvalue weighted by atomic mass is 10.1. The van der Waals surface area contributed by atoms with Crippen molar-refractivity contribution in [2.45, 2.75) is 64.7 Å². The quantitative estimate of drug-likeness (QED) is 0.357. The predicted octanol–water partition coefficient (Wildman–Crippen LogP) is 6.23. The molecule has 0 bridgehead atoms. The second-order valence-electron chi connectivity index (χ2n) is 7.15. The Kier molecular flexibility index (Phi) is 10.7. The van der Waals surface area contributed by atoms with E-state index < -0.39 is 0 Å². The summed E-state index contributed by atoms with van der Waals surface area (Å²) in [5.74, 6) is 3.17. The Labute approximate surface area is 175 Å². The summed E-state index contributed by atoms with van der Waals surface area (Å²) in [6, 6.07) is 7.19. The summed E-state index contributed by atoms with van der Waals surface area (Å²) < 4.78 is 16.4. The van der Waals surface area contributed by atoms with Crippen molar-refractivity contribution in [3.05, 3.63) is 30.6 Å². The van der Waals surface area contributed by atoms with Gasteiger partial charge in [0.2, 0.25) is 5.88 Å². The van der Waals surface area contributed by atoms with Gasteiger partial charge in [0.05, 0.1) is 14.2 Å². The smallest absolute Gasteiger partial charge is 0.224 e. The molecule has 1 N–H and O–H groups in total. The summed E-state index contributed by atoms with van der Waals surface area (Å²) in [4.78, 5) is 8.46. The van der Waals surface area contributed by atoms with Gasteiger partial charge < -0.3 is 19.5 Å². The summed E-state index contributed by atoms with van der Waals surface area (Å²) in [5.41, 5.74) is 0. The van der Waals surface area contributed by atoms with Gasteiger partial charge in [-0.3, -0.25) is 0 Å². The van der Waals surface area contributed by atoms with E-state index in [2.05, 4.69) is 22.2 Å². The van der Waals surface area contributed by atoms with Crippen molar-refractivity contribution in [2.24, 2.45) is 0 Å². The van der Waals surface area contributed by atoms with E-state index in [-0.39, 0.29) is 0 Å². The number of nitrogens with one attached hydrogen (secondary N) is 1. The molecular formula is C23H35N3O3.